The van der Waals surface area contributed by atoms with Gasteiger partial charge in [0.05, 0.1) is 22.6 Å². The SMILES string of the molecule is CCOc1ccc2nc(SCC(=O)NC3CCCC(C)C3C)sc2c1. The van der Waals surface area contributed by atoms with Gasteiger partial charge in [-0.2, -0.15) is 0 Å². The topological polar surface area (TPSA) is 51.2 Å². The zero-order valence-electron chi connectivity index (χ0n) is 15.1. The molecule has 1 N–H and O–H groups in total. The molecule has 0 radical (unpaired) electrons. The molecular formula is C19H26N2O2S2. The highest BCUT2D eigenvalue weighted by Gasteiger charge is 2.28. The van der Waals surface area contributed by atoms with Crippen LogP contribution in [0.2, 0.25) is 0 Å². The van der Waals surface area contributed by atoms with Gasteiger partial charge >= 0.3 is 0 Å². The van der Waals surface area contributed by atoms with Crippen molar-refractivity contribution in [2.75, 3.05) is 12.4 Å². The second-order valence-electron chi connectivity index (χ2n) is 6.77. The van der Waals surface area contributed by atoms with Crippen LogP contribution in [0.25, 0.3) is 10.2 Å². The predicted octanol–water partition coefficient (Wildman–Crippen LogP) is 4.73. The minimum atomic E-state index is 0.116. The summed E-state index contributed by atoms with van der Waals surface area (Å²) in [5.41, 5.74) is 0.964. The number of thiazole rings is 1. The molecule has 1 aromatic carbocycles. The van der Waals surface area contributed by atoms with Crippen molar-refractivity contribution in [2.45, 2.75) is 50.4 Å². The number of hydrogen-bond acceptors (Lipinski definition) is 5. The molecule has 3 rings (SSSR count). The summed E-state index contributed by atoms with van der Waals surface area (Å²) in [4.78, 5) is 16.9. The third-order valence-corrected chi connectivity index (χ3v) is 7.19. The van der Waals surface area contributed by atoms with Gasteiger partial charge in [-0.15, -0.1) is 11.3 Å². The van der Waals surface area contributed by atoms with E-state index in [1.54, 1.807) is 11.3 Å². The van der Waals surface area contributed by atoms with Crippen molar-refractivity contribution >= 4 is 39.2 Å². The molecule has 1 aliphatic carbocycles. The van der Waals surface area contributed by atoms with Gasteiger partial charge in [0.1, 0.15) is 5.75 Å². The van der Waals surface area contributed by atoms with Crippen molar-refractivity contribution in [3.8, 4) is 5.75 Å². The Kier molecular flexibility index (Phi) is 6.23. The number of benzene rings is 1. The second kappa shape index (κ2) is 8.41. The molecule has 3 atom stereocenters. The Hall–Kier alpha value is -1.27. The quantitative estimate of drug-likeness (QED) is 0.739. The van der Waals surface area contributed by atoms with Crippen LogP contribution in [-0.2, 0) is 4.79 Å². The third-order valence-electron chi connectivity index (χ3n) is 5.03. The van der Waals surface area contributed by atoms with Crippen LogP contribution in [0, 0.1) is 11.8 Å². The number of aromatic nitrogens is 1. The van der Waals surface area contributed by atoms with E-state index in [-0.39, 0.29) is 5.91 Å². The van der Waals surface area contributed by atoms with E-state index in [2.05, 4.69) is 24.1 Å². The standard InChI is InChI=1S/C19H26N2O2S2/c1-4-23-14-8-9-16-17(10-14)25-19(21-16)24-11-18(22)20-15-7-5-6-12(2)13(15)3/h8-10,12-13,15H,4-7,11H2,1-3H3,(H,20,22). The van der Waals surface area contributed by atoms with Crippen LogP contribution in [0.15, 0.2) is 22.5 Å². The Labute approximate surface area is 157 Å². The molecule has 0 spiro atoms. The fourth-order valence-corrected chi connectivity index (χ4v) is 5.27. The first kappa shape index (κ1) is 18.5. The second-order valence-corrected chi connectivity index (χ2v) is 9.03. The van der Waals surface area contributed by atoms with Gasteiger partial charge in [0.15, 0.2) is 4.34 Å². The zero-order valence-corrected chi connectivity index (χ0v) is 16.7. The molecule has 1 saturated carbocycles. The number of nitrogens with one attached hydrogen (secondary N) is 1. The van der Waals surface area contributed by atoms with Crippen molar-refractivity contribution in [3.63, 3.8) is 0 Å². The van der Waals surface area contributed by atoms with Crippen LogP contribution >= 0.6 is 23.1 Å². The molecule has 4 nitrogen and oxygen atoms in total. The molecule has 1 amide bonds. The number of rotatable bonds is 6. The largest absolute Gasteiger partial charge is 0.494 e. The van der Waals surface area contributed by atoms with Crippen LogP contribution in [0.5, 0.6) is 5.75 Å². The Morgan fingerprint density at radius 2 is 2.24 bits per heavy atom. The number of amides is 1. The van der Waals surface area contributed by atoms with Crippen molar-refractivity contribution in [1.29, 1.82) is 0 Å². The van der Waals surface area contributed by atoms with Gasteiger partial charge < -0.3 is 10.1 Å². The average molecular weight is 379 g/mol. The number of fused-ring (bicyclic) bond motifs is 1. The Balaban J connectivity index is 1.55. The number of carbonyl (C=O) groups excluding carboxylic acids is 1. The van der Waals surface area contributed by atoms with E-state index in [4.69, 9.17) is 4.74 Å². The lowest BCUT2D eigenvalue weighted by atomic mass is 9.78. The number of nitrogens with zero attached hydrogens (tertiary/aromatic N) is 1. The van der Waals surface area contributed by atoms with Crippen molar-refractivity contribution in [2.24, 2.45) is 11.8 Å². The molecule has 1 aromatic heterocycles. The predicted molar refractivity (Wildman–Crippen MR) is 106 cm³/mol. The molecule has 0 bridgehead atoms. The van der Waals surface area contributed by atoms with E-state index in [9.17, 15) is 4.79 Å². The maximum Gasteiger partial charge on any atom is 0.230 e. The van der Waals surface area contributed by atoms with Crippen LogP contribution in [0.4, 0.5) is 0 Å². The van der Waals surface area contributed by atoms with Crippen molar-refractivity contribution in [3.05, 3.63) is 18.2 Å². The number of carbonyl (C=O) groups is 1. The molecule has 25 heavy (non-hydrogen) atoms. The monoisotopic (exact) mass is 378 g/mol. The van der Waals surface area contributed by atoms with Gasteiger partial charge in [-0.25, -0.2) is 4.98 Å². The highest BCUT2D eigenvalue weighted by molar-refractivity contribution is 8.01. The van der Waals surface area contributed by atoms with E-state index in [0.29, 0.717) is 30.2 Å². The van der Waals surface area contributed by atoms with E-state index >= 15 is 0 Å². The van der Waals surface area contributed by atoms with Gasteiger partial charge in [-0.1, -0.05) is 38.5 Å². The first-order chi connectivity index (χ1) is 12.1. The van der Waals surface area contributed by atoms with Crippen LogP contribution < -0.4 is 10.1 Å². The minimum absolute atomic E-state index is 0.116. The summed E-state index contributed by atoms with van der Waals surface area (Å²) in [5, 5.41) is 3.23. The summed E-state index contributed by atoms with van der Waals surface area (Å²) in [6.45, 7) is 7.18. The lowest BCUT2D eigenvalue weighted by Gasteiger charge is -2.34. The molecule has 0 aliphatic heterocycles. The molecule has 1 fully saturated rings. The molecule has 3 unspecified atom stereocenters. The summed E-state index contributed by atoms with van der Waals surface area (Å²) in [5.74, 6) is 2.66. The van der Waals surface area contributed by atoms with Crippen molar-refractivity contribution in [1.82, 2.24) is 10.3 Å². The lowest BCUT2D eigenvalue weighted by molar-refractivity contribution is -0.119. The van der Waals surface area contributed by atoms with E-state index in [1.165, 1.54) is 24.6 Å². The fraction of sp³-hybridized carbons (Fsp3) is 0.579. The molecule has 1 aliphatic rings. The average Bonchev–Trinajstić information content (AvgIpc) is 3.00. The Morgan fingerprint density at radius 3 is 3.04 bits per heavy atom. The van der Waals surface area contributed by atoms with Crippen LogP contribution in [-0.4, -0.2) is 29.3 Å². The van der Waals surface area contributed by atoms with Crippen LogP contribution in [0.1, 0.15) is 40.0 Å². The van der Waals surface area contributed by atoms with Gasteiger partial charge in [-0.05, 0) is 43.4 Å². The molecule has 0 saturated heterocycles. The number of hydrogen-bond donors (Lipinski definition) is 1. The maximum absolute atomic E-state index is 12.3. The molecule has 6 heteroatoms. The van der Waals surface area contributed by atoms with E-state index < -0.39 is 0 Å². The van der Waals surface area contributed by atoms with Gasteiger partial charge in [-0.3, -0.25) is 4.79 Å². The normalized spacial score (nSPS) is 23.6. The number of ether oxygens (including phenoxy) is 1. The summed E-state index contributed by atoms with van der Waals surface area (Å²) >= 11 is 3.14. The molecule has 1 heterocycles. The maximum atomic E-state index is 12.3. The molecule has 136 valence electrons. The molecular weight excluding hydrogens is 352 g/mol. The summed E-state index contributed by atoms with van der Waals surface area (Å²) in [7, 11) is 0. The Morgan fingerprint density at radius 1 is 1.40 bits per heavy atom. The molecule has 2 aromatic rings. The minimum Gasteiger partial charge on any atom is -0.494 e. The highest BCUT2D eigenvalue weighted by atomic mass is 32.2. The van der Waals surface area contributed by atoms with E-state index in [1.807, 2.05) is 25.1 Å². The van der Waals surface area contributed by atoms with Gasteiger partial charge in [0, 0.05) is 6.04 Å². The zero-order chi connectivity index (χ0) is 17.8. The van der Waals surface area contributed by atoms with E-state index in [0.717, 1.165) is 26.7 Å². The lowest BCUT2D eigenvalue weighted by Crippen LogP contribution is -2.44. The third kappa shape index (κ3) is 4.67. The first-order valence-electron chi connectivity index (χ1n) is 9.02. The van der Waals surface area contributed by atoms with Gasteiger partial charge in [0.2, 0.25) is 5.91 Å². The van der Waals surface area contributed by atoms with Crippen molar-refractivity contribution < 1.29 is 9.53 Å². The first-order valence-corrected chi connectivity index (χ1v) is 10.8. The summed E-state index contributed by atoms with van der Waals surface area (Å²) < 4.78 is 7.57. The van der Waals surface area contributed by atoms with Crippen LogP contribution in [0.3, 0.4) is 0 Å². The fourth-order valence-electron chi connectivity index (χ4n) is 3.36. The summed E-state index contributed by atoms with van der Waals surface area (Å²) in [6.07, 6.45) is 3.59. The highest BCUT2D eigenvalue weighted by Crippen LogP contribution is 2.32. The smallest absolute Gasteiger partial charge is 0.230 e. The Bertz CT molecular complexity index is 731. The summed E-state index contributed by atoms with van der Waals surface area (Å²) in [6, 6.07) is 6.26. The van der Waals surface area contributed by atoms with Gasteiger partial charge in [0.25, 0.3) is 0 Å². The number of thioether (sulfide) groups is 1.